The summed E-state index contributed by atoms with van der Waals surface area (Å²) < 4.78 is 12.7. The minimum absolute atomic E-state index is 0.249. The van der Waals surface area contributed by atoms with Crippen molar-refractivity contribution in [1.82, 2.24) is 9.55 Å². The Morgan fingerprint density at radius 3 is 2.57 bits per heavy atom. The molecule has 3 heterocycles. The summed E-state index contributed by atoms with van der Waals surface area (Å²) in [4.78, 5) is 16.3. The van der Waals surface area contributed by atoms with Crippen molar-refractivity contribution in [2.75, 3.05) is 11.9 Å². The summed E-state index contributed by atoms with van der Waals surface area (Å²) >= 11 is 3.46. The predicted molar refractivity (Wildman–Crippen MR) is 110 cm³/mol. The van der Waals surface area contributed by atoms with E-state index in [1.807, 2.05) is 6.07 Å². The molecule has 0 radical (unpaired) electrons. The Morgan fingerprint density at radius 2 is 1.89 bits per heavy atom. The molecule has 8 heteroatoms. The maximum atomic E-state index is 12.3. The Bertz CT molecular complexity index is 805. The van der Waals surface area contributed by atoms with Gasteiger partial charge in [-0.05, 0) is 18.9 Å². The van der Waals surface area contributed by atoms with E-state index in [9.17, 15) is 15.0 Å². The molecule has 7 nitrogen and oxygen atoms in total. The molecule has 3 unspecified atom stereocenters. The highest BCUT2D eigenvalue weighted by molar-refractivity contribution is 9.09. The smallest absolute Gasteiger partial charge is 0.353 e. The van der Waals surface area contributed by atoms with Gasteiger partial charge in [0.1, 0.15) is 18.1 Å². The zero-order valence-corrected chi connectivity index (χ0v) is 17.6. The highest BCUT2D eigenvalue weighted by atomic mass is 79.9. The number of aryl methyl sites for hydroxylation is 1. The number of furan rings is 1. The quantitative estimate of drug-likeness (QED) is 0.397. The molecule has 0 aromatic carbocycles. The second-order valence-electron chi connectivity index (χ2n) is 7.43. The van der Waals surface area contributed by atoms with Crippen LogP contribution in [0.2, 0.25) is 0 Å². The Balaban J connectivity index is 1.55. The summed E-state index contributed by atoms with van der Waals surface area (Å²) in [7, 11) is 0. The standard InChI is InChI=1S/C20H29BrN2O5/c21-9-7-5-3-1-2-4-6-8-15-10-14-12-23(20(26)22-19(14)27-15)18-11-16(25)17(13-24)28-18/h10,12,16-18,24-25H,1-9,11,13H2. The van der Waals surface area contributed by atoms with E-state index in [2.05, 4.69) is 20.9 Å². The normalized spacial score (nSPS) is 22.3. The van der Waals surface area contributed by atoms with Crippen LogP contribution in [0.15, 0.2) is 21.5 Å². The zero-order chi connectivity index (χ0) is 19.9. The van der Waals surface area contributed by atoms with Gasteiger partial charge in [-0.1, -0.05) is 48.0 Å². The molecule has 2 N–H and O–H groups in total. The number of hydrogen-bond acceptors (Lipinski definition) is 6. The van der Waals surface area contributed by atoms with Gasteiger partial charge >= 0.3 is 5.69 Å². The minimum atomic E-state index is -0.794. The number of ether oxygens (including phenoxy) is 1. The molecule has 0 bridgehead atoms. The molecule has 1 aliphatic rings. The van der Waals surface area contributed by atoms with Crippen LogP contribution in [0.4, 0.5) is 0 Å². The highest BCUT2D eigenvalue weighted by Gasteiger charge is 2.35. The van der Waals surface area contributed by atoms with Crippen molar-refractivity contribution in [3.05, 3.63) is 28.5 Å². The van der Waals surface area contributed by atoms with Crippen LogP contribution in [-0.2, 0) is 11.2 Å². The summed E-state index contributed by atoms with van der Waals surface area (Å²) in [5.41, 5.74) is -0.143. The summed E-state index contributed by atoms with van der Waals surface area (Å²) in [5, 5.41) is 20.9. The molecular weight excluding hydrogens is 428 g/mol. The predicted octanol–water partition coefficient (Wildman–Crippen LogP) is 3.30. The van der Waals surface area contributed by atoms with Crippen LogP contribution in [0.1, 0.15) is 63.4 Å². The van der Waals surface area contributed by atoms with E-state index in [1.165, 1.54) is 43.1 Å². The fourth-order valence-corrected chi connectivity index (χ4v) is 4.03. The summed E-state index contributed by atoms with van der Waals surface area (Å²) in [6.45, 7) is -0.283. The van der Waals surface area contributed by atoms with Gasteiger partial charge in [-0.15, -0.1) is 0 Å². The van der Waals surface area contributed by atoms with E-state index >= 15 is 0 Å². The zero-order valence-electron chi connectivity index (χ0n) is 16.1. The average Bonchev–Trinajstić information content (AvgIpc) is 3.25. The first kappa shape index (κ1) is 21.5. The molecule has 1 fully saturated rings. The van der Waals surface area contributed by atoms with Crippen molar-refractivity contribution in [1.29, 1.82) is 0 Å². The number of halogens is 1. The van der Waals surface area contributed by atoms with Crippen molar-refractivity contribution in [2.24, 2.45) is 0 Å². The molecule has 0 spiro atoms. The molecule has 1 aliphatic heterocycles. The second kappa shape index (κ2) is 10.5. The largest absolute Gasteiger partial charge is 0.443 e. The molecule has 156 valence electrons. The molecule has 3 rings (SSSR count). The van der Waals surface area contributed by atoms with Crippen LogP contribution in [-0.4, -0.2) is 43.9 Å². The van der Waals surface area contributed by atoms with Gasteiger partial charge in [-0.3, -0.25) is 4.57 Å². The topological polar surface area (TPSA) is 97.7 Å². The Kier molecular flexibility index (Phi) is 8.08. The number of nitrogens with zero attached hydrogens (tertiary/aromatic N) is 2. The van der Waals surface area contributed by atoms with Gasteiger partial charge < -0.3 is 19.4 Å². The van der Waals surface area contributed by atoms with Crippen molar-refractivity contribution in [3.63, 3.8) is 0 Å². The molecule has 0 saturated carbocycles. The summed E-state index contributed by atoms with van der Waals surface area (Å²) in [6.07, 6.45) is 9.22. The first-order valence-electron chi connectivity index (χ1n) is 10.1. The second-order valence-corrected chi connectivity index (χ2v) is 8.23. The summed E-state index contributed by atoms with van der Waals surface area (Å²) in [6, 6.07) is 1.92. The molecule has 28 heavy (non-hydrogen) atoms. The molecule has 3 atom stereocenters. The molecule has 1 saturated heterocycles. The van der Waals surface area contributed by atoms with Gasteiger partial charge in [-0.25, -0.2) is 4.79 Å². The number of hydrogen-bond donors (Lipinski definition) is 2. The fraction of sp³-hybridized carbons (Fsp3) is 0.700. The van der Waals surface area contributed by atoms with E-state index < -0.39 is 24.1 Å². The lowest BCUT2D eigenvalue weighted by atomic mass is 10.1. The van der Waals surface area contributed by atoms with E-state index in [0.717, 1.165) is 29.3 Å². The van der Waals surface area contributed by atoms with Crippen molar-refractivity contribution < 1.29 is 19.4 Å². The first-order valence-corrected chi connectivity index (χ1v) is 11.3. The SMILES string of the molecule is O=c1nc2oc(CCCCCCCCCBr)cc2cn1C1CC(O)C(CO)O1. The number of alkyl halides is 1. The van der Waals surface area contributed by atoms with E-state index in [4.69, 9.17) is 9.15 Å². The molecule has 0 amide bonds. The molecular formula is C20H29BrN2O5. The minimum Gasteiger partial charge on any atom is -0.443 e. The monoisotopic (exact) mass is 456 g/mol. The molecule has 0 aliphatic carbocycles. The van der Waals surface area contributed by atoms with E-state index in [0.29, 0.717) is 5.71 Å². The van der Waals surface area contributed by atoms with E-state index in [-0.39, 0.29) is 13.0 Å². The third kappa shape index (κ3) is 5.43. The number of aliphatic hydroxyl groups is 2. The first-order chi connectivity index (χ1) is 13.6. The van der Waals surface area contributed by atoms with Gasteiger partial charge in [0.15, 0.2) is 0 Å². The highest BCUT2D eigenvalue weighted by Crippen LogP contribution is 2.28. The van der Waals surface area contributed by atoms with Crippen LogP contribution < -0.4 is 5.69 Å². The van der Waals surface area contributed by atoms with Gasteiger partial charge in [0.05, 0.1) is 18.1 Å². The van der Waals surface area contributed by atoms with Crippen LogP contribution >= 0.6 is 15.9 Å². The number of unbranched alkanes of at least 4 members (excludes halogenated alkanes) is 6. The van der Waals surface area contributed by atoms with Gasteiger partial charge in [0.25, 0.3) is 0 Å². The van der Waals surface area contributed by atoms with Crippen LogP contribution in [0.5, 0.6) is 0 Å². The molecule has 2 aromatic heterocycles. The number of fused-ring (bicyclic) bond motifs is 1. The Morgan fingerprint density at radius 1 is 1.18 bits per heavy atom. The lowest BCUT2D eigenvalue weighted by molar-refractivity contribution is -0.0457. The van der Waals surface area contributed by atoms with Crippen LogP contribution in [0.3, 0.4) is 0 Å². The third-order valence-corrected chi connectivity index (χ3v) is 5.80. The number of rotatable bonds is 11. The lowest BCUT2D eigenvalue weighted by Crippen LogP contribution is -2.27. The summed E-state index contributed by atoms with van der Waals surface area (Å²) in [5.74, 6) is 0.833. The maximum absolute atomic E-state index is 12.3. The van der Waals surface area contributed by atoms with Crippen molar-refractivity contribution in [2.45, 2.75) is 76.2 Å². The third-order valence-electron chi connectivity index (χ3n) is 5.24. The fourth-order valence-electron chi connectivity index (χ4n) is 3.63. The Labute approximate surface area is 172 Å². The van der Waals surface area contributed by atoms with Gasteiger partial charge in [0, 0.05) is 24.4 Å². The average molecular weight is 457 g/mol. The number of aliphatic hydroxyl groups excluding tert-OH is 2. The maximum Gasteiger partial charge on any atom is 0.353 e. The Hall–Kier alpha value is -1.22. The van der Waals surface area contributed by atoms with E-state index in [1.54, 1.807) is 6.20 Å². The lowest BCUT2D eigenvalue weighted by Gasteiger charge is -2.13. The van der Waals surface area contributed by atoms with Crippen LogP contribution in [0.25, 0.3) is 11.1 Å². The molecule has 2 aromatic rings. The van der Waals surface area contributed by atoms with Gasteiger partial charge in [0.2, 0.25) is 5.71 Å². The number of aromatic nitrogens is 2. The van der Waals surface area contributed by atoms with Crippen molar-refractivity contribution in [3.8, 4) is 0 Å². The van der Waals surface area contributed by atoms with Crippen LogP contribution in [0, 0.1) is 0 Å². The van der Waals surface area contributed by atoms with Gasteiger partial charge in [-0.2, -0.15) is 4.98 Å². The van der Waals surface area contributed by atoms with Crippen molar-refractivity contribution >= 4 is 27.0 Å².